The van der Waals surface area contributed by atoms with Crippen molar-refractivity contribution in [2.75, 3.05) is 0 Å². The zero-order valence-electron chi connectivity index (χ0n) is 17.8. The SMILES string of the molecule is CC[C@@H]1C(C)CC2C(=O)OC(C)C2C1/C=C/C(N)=C/C=C(\C)c1cccc(F)c1. The van der Waals surface area contributed by atoms with Gasteiger partial charge in [-0.25, -0.2) is 4.39 Å². The molecule has 3 nitrogen and oxygen atoms in total. The molecule has 0 radical (unpaired) electrons. The Morgan fingerprint density at radius 3 is 2.76 bits per heavy atom. The Morgan fingerprint density at radius 2 is 2.07 bits per heavy atom. The molecule has 156 valence electrons. The highest BCUT2D eigenvalue weighted by Gasteiger charge is 2.52. The van der Waals surface area contributed by atoms with E-state index < -0.39 is 0 Å². The molecule has 3 rings (SSSR count). The zero-order chi connectivity index (χ0) is 21.1. The Kier molecular flexibility index (Phi) is 6.61. The third-order valence-corrected chi connectivity index (χ3v) is 6.69. The first-order chi connectivity index (χ1) is 13.8. The minimum Gasteiger partial charge on any atom is -0.462 e. The van der Waals surface area contributed by atoms with Crippen molar-refractivity contribution in [2.45, 2.75) is 46.6 Å². The van der Waals surface area contributed by atoms with Crippen molar-refractivity contribution in [1.82, 2.24) is 0 Å². The maximum Gasteiger partial charge on any atom is 0.309 e. The second kappa shape index (κ2) is 8.98. The molecular formula is C25H32FNO2. The Labute approximate surface area is 173 Å². The van der Waals surface area contributed by atoms with Crippen molar-refractivity contribution in [3.8, 4) is 0 Å². The molecule has 29 heavy (non-hydrogen) atoms. The number of hydrogen-bond acceptors (Lipinski definition) is 3. The van der Waals surface area contributed by atoms with Gasteiger partial charge < -0.3 is 10.5 Å². The molecule has 1 heterocycles. The van der Waals surface area contributed by atoms with Gasteiger partial charge in [-0.2, -0.15) is 0 Å². The zero-order valence-corrected chi connectivity index (χ0v) is 17.8. The Hall–Kier alpha value is -2.36. The summed E-state index contributed by atoms with van der Waals surface area (Å²) in [6, 6.07) is 6.53. The maximum absolute atomic E-state index is 13.4. The number of allylic oxidation sites excluding steroid dienone is 5. The summed E-state index contributed by atoms with van der Waals surface area (Å²) in [5.74, 6) is 1.20. The van der Waals surface area contributed by atoms with Crippen LogP contribution in [0.5, 0.6) is 0 Å². The Balaban J connectivity index is 1.79. The number of nitrogens with two attached hydrogens (primary N) is 1. The molecule has 4 heteroatoms. The van der Waals surface area contributed by atoms with Crippen LogP contribution in [0.1, 0.15) is 46.1 Å². The first kappa shape index (κ1) is 21.4. The fourth-order valence-electron chi connectivity index (χ4n) is 5.18. The van der Waals surface area contributed by atoms with Crippen LogP contribution in [0.25, 0.3) is 5.57 Å². The highest BCUT2D eigenvalue weighted by molar-refractivity contribution is 5.75. The van der Waals surface area contributed by atoms with Crippen LogP contribution in [0.2, 0.25) is 0 Å². The molecule has 1 aromatic rings. The van der Waals surface area contributed by atoms with Crippen LogP contribution in [0, 0.1) is 35.4 Å². The average Bonchev–Trinajstić information content (AvgIpc) is 2.97. The third-order valence-electron chi connectivity index (χ3n) is 6.69. The van der Waals surface area contributed by atoms with Gasteiger partial charge in [-0.1, -0.05) is 44.6 Å². The molecular weight excluding hydrogens is 365 g/mol. The van der Waals surface area contributed by atoms with Gasteiger partial charge >= 0.3 is 5.97 Å². The number of fused-ring (bicyclic) bond motifs is 1. The number of benzene rings is 1. The second-order valence-electron chi connectivity index (χ2n) is 8.57. The first-order valence-corrected chi connectivity index (χ1v) is 10.6. The van der Waals surface area contributed by atoms with Crippen LogP contribution in [-0.2, 0) is 9.53 Å². The van der Waals surface area contributed by atoms with Crippen LogP contribution < -0.4 is 5.73 Å². The summed E-state index contributed by atoms with van der Waals surface area (Å²) in [4.78, 5) is 12.3. The maximum atomic E-state index is 13.4. The first-order valence-electron chi connectivity index (χ1n) is 10.6. The number of carbonyl (C=O) groups excluding carboxylic acids is 1. The smallest absolute Gasteiger partial charge is 0.309 e. The second-order valence-corrected chi connectivity index (χ2v) is 8.57. The summed E-state index contributed by atoms with van der Waals surface area (Å²) in [7, 11) is 0. The van der Waals surface area contributed by atoms with Gasteiger partial charge in [-0.15, -0.1) is 0 Å². The minimum absolute atomic E-state index is 0.00206. The highest BCUT2D eigenvalue weighted by Crippen LogP contribution is 2.50. The summed E-state index contributed by atoms with van der Waals surface area (Å²) in [6.45, 7) is 8.41. The van der Waals surface area contributed by atoms with Crippen molar-refractivity contribution in [3.05, 3.63) is 65.6 Å². The number of carbonyl (C=O) groups is 1. The van der Waals surface area contributed by atoms with E-state index in [9.17, 15) is 9.18 Å². The van der Waals surface area contributed by atoms with Crippen LogP contribution in [-0.4, -0.2) is 12.1 Å². The normalized spacial score (nSPS) is 33.1. The molecule has 1 saturated heterocycles. The average molecular weight is 398 g/mol. The molecule has 6 atom stereocenters. The van der Waals surface area contributed by atoms with E-state index in [0.29, 0.717) is 17.5 Å². The van der Waals surface area contributed by atoms with Crippen LogP contribution >= 0.6 is 0 Å². The number of hydrogen-bond donors (Lipinski definition) is 1. The topological polar surface area (TPSA) is 52.3 Å². The summed E-state index contributed by atoms with van der Waals surface area (Å²) in [5.41, 5.74) is 8.65. The van der Waals surface area contributed by atoms with Gasteiger partial charge in [0.15, 0.2) is 0 Å². The van der Waals surface area contributed by atoms with E-state index in [1.54, 1.807) is 6.07 Å². The molecule has 1 saturated carbocycles. The predicted octanol–water partition coefficient (Wildman–Crippen LogP) is 5.49. The van der Waals surface area contributed by atoms with Crippen molar-refractivity contribution in [1.29, 1.82) is 0 Å². The Bertz CT molecular complexity index is 841. The fourth-order valence-corrected chi connectivity index (χ4v) is 5.18. The van der Waals surface area contributed by atoms with E-state index in [-0.39, 0.29) is 35.6 Å². The molecule has 1 aliphatic heterocycles. The van der Waals surface area contributed by atoms with Gasteiger partial charge in [0, 0.05) is 11.6 Å². The lowest BCUT2D eigenvalue weighted by molar-refractivity contribution is -0.144. The minimum atomic E-state index is -0.249. The molecule has 0 amide bonds. The summed E-state index contributed by atoms with van der Waals surface area (Å²) < 4.78 is 19.0. The number of cyclic esters (lactones) is 1. The van der Waals surface area contributed by atoms with Gasteiger partial charge in [0.25, 0.3) is 0 Å². The number of ether oxygens (including phenoxy) is 1. The van der Waals surface area contributed by atoms with E-state index in [1.807, 2.05) is 38.1 Å². The van der Waals surface area contributed by atoms with Crippen LogP contribution in [0.15, 0.2) is 54.3 Å². The lowest BCUT2D eigenvalue weighted by Crippen LogP contribution is -2.40. The van der Waals surface area contributed by atoms with E-state index in [2.05, 4.69) is 19.9 Å². The van der Waals surface area contributed by atoms with Crippen LogP contribution in [0.3, 0.4) is 0 Å². The van der Waals surface area contributed by atoms with Crippen molar-refractivity contribution in [2.24, 2.45) is 35.3 Å². The molecule has 0 bridgehead atoms. The Morgan fingerprint density at radius 1 is 1.31 bits per heavy atom. The number of esters is 1. The molecule has 2 fully saturated rings. The summed E-state index contributed by atoms with van der Waals surface area (Å²) in [6.07, 6.45) is 9.82. The lowest BCUT2D eigenvalue weighted by atomic mass is 9.61. The molecule has 1 aromatic carbocycles. The quantitative estimate of drug-likeness (QED) is 0.528. The summed E-state index contributed by atoms with van der Waals surface area (Å²) in [5, 5.41) is 0. The third kappa shape index (κ3) is 4.63. The number of rotatable bonds is 5. The molecule has 1 aliphatic carbocycles. The largest absolute Gasteiger partial charge is 0.462 e. The fraction of sp³-hybridized carbons (Fsp3) is 0.480. The molecule has 2 N–H and O–H groups in total. The van der Waals surface area contributed by atoms with Crippen molar-refractivity contribution >= 4 is 11.5 Å². The summed E-state index contributed by atoms with van der Waals surface area (Å²) >= 11 is 0. The standard InChI is InChI=1S/C25H32FNO2/c1-5-21-16(3)13-23-24(17(4)29-25(23)28)22(21)12-11-20(27)10-9-15(2)18-7-6-8-19(26)14-18/h6-12,14,16-17,21-24H,5,13,27H2,1-4H3/b12-11+,15-9+,20-10-/t16?,17?,21-,22?,23?,24?/m1/s1. The molecule has 0 spiro atoms. The van der Waals surface area contributed by atoms with E-state index in [4.69, 9.17) is 10.5 Å². The molecule has 0 aromatic heterocycles. The molecule has 2 aliphatic rings. The van der Waals surface area contributed by atoms with Crippen molar-refractivity contribution < 1.29 is 13.9 Å². The lowest BCUT2D eigenvalue weighted by Gasteiger charge is -2.41. The van der Waals surface area contributed by atoms with E-state index in [1.165, 1.54) is 12.1 Å². The van der Waals surface area contributed by atoms with Crippen molar-refractivity contribution in [3.63, 3.8) is 0 Å². The van der Waals surface area contributed by atoms with Gasteiger partial charge in [0.1, 0.15) is 11.9 Å². The predicted molar refractivity (Wildman–Crippen MR) is 115 cm³/mol. The van der Waals surface area contributed by atoms with Gasteiger partial charge in [0.2, 0.25) is 0 Å². The number of halogens is 1. The van der Waals surface area contributed by atoms with Gasteiger partial charge in [-0.3, -0.25) is 4.79 Å². The monoisotopic (exact) mass is 397 g/mol. The highest BCUT2D eigenvalue weighted by atomic mass is 19.1. The van der Waals surface area contributed by atoms with Gasteiger partial charge in [0.05, 0.1) is 5.92 Å². The molecule has 5 unspecified atom stereocenters. The van der Waals surface area contributed by atoms with E-state index >= 15 is 0 Å². The van der Waals surface area contributed by atoms with E-state index in [0.717, 1.165) is 24.0 Å². The van der Waals surface area contributed by atoms with Gasteiger partial charge in [-0.05, 0) is 73.4 Å². The van der Waals surface area contributed by atoms with Crippen LogP contribution in [0.4, 0.5) is 4.39 Å².